The van der Waals surface area contributed by atoms with E-state index in [-0.39, 0.29) is 0 Å². The number of rotatable bonds is 8. The highest BCUT2D eigenvalue weighted by atomic mass is 16.5. The van der Waals surface area contributed by atoms with E-state index in [4.69, 9.17) is 48.9 Å². The van der Waals surface area contributed by atoms with Gasteiger partial charge < -0.3 is 28.9 Å². The first kappa shape index (κ1) is 42.4. The van der Waals surface area contributed by atoms with Crippen LogP contribution in [0, 0.1) is 27.7 Å². The van der Waals surface area contributed by atoms with Crippen LogP contribution in [0.3, 0.4) is 0 Å². The summed E-state index contributed by atoms with van der Waals surface area (Å²) in [5.41, 5.74) is 9.17. The molecule has 0 unspecified atom stereocenters. The van der Waals surface area contributed by atoms with Crippen LogP contribution in [0.25, 0.3) is 89.7 Å². The Bertz CT molecular complexity index is 3860. The zero-order chi connectivity index (χ0) is 48.5. The normalized spacial score (nSPS) is 11.6. The van der Waals surface area contributed by atoms with E-state index in [0.29, 0.717) is 114 Å². The Hall–Kier alpha value is -9.68. The molecule has 0 aliphatic carbocycles. The molecule has 0 amide bonds. The number of fused-ring (bicyclic) bond motifs is 20. The molecule has 5 heterocycles. The van der Waals surface area contributed by atoms with Crippen molar-refractivity contribution in [3.8, 4) is 91.5 Å². The van der Waals surface area contributed by atoms with Crippen LogP contribution < -0.4 is 18.9 Å². The Morgan fingerprint density at radius 3 is 0.958 bits per heavy atom. The maximum absolute atomic E-state index is 6.67. The molecule has 346 valence electrons. The van der Waals surface area contributed by atoms with Gasteiger partial charge in [-0.05, 0) is 100 Å². The van der Waals surface area contributed by atoms with Gasteiger partial charge in [0.1, 0.15) is 68.6 Å². The minimum Gasteiger partial charge on any atom is -0.457 e. The third kappa shape index (κ3) is 7.67. The van der Waals surface area contributed by atoms with Gasteiger partial charge in [0.15, 0.2) is 23.3 Å². The lowest BCUT2D eigenvalue weighted by Gasteiger charge is -2.10. The molecular weight excluding hydrogens is 897 g/mol. The van der Waals surface area contributed by atoms with Crippen molar-refractivity contribution >= 4 is 44.1 Å². The fourth-order valence-corrected chi connectivity index (χ4v) is 9.13. The van der Waals surface area contributed by atoms with Crippen LogP contribution >= 0.6 is 0 Å². The van der Waals surface area contributed by atoms with Crippen molar-refractivity contribution in [2.75, 3.05) is 0 Å². The summed E-state index contributed by atoms with van der Waals surface area (Å²) in [4.78, 5) is 39.1. The summed E-state index contributed by atoms with van der Waals surface area (Å²) >= 11 is 0. The fraction of sp³-hybridized carbons (Fsp3) is 0.0667. The molecule has 72 heavy (non-hydrogen) atoms. The lowest BCUT2D eigenvalue weighted by molar-refractivity contribution is 0.484. The van der Waals surface area contributed by atoms with Gasteiger partial charge in [0, 0.05) is 21.9 Å². The number of nitrogens with one attached hydrogen (secondary N) is 2. The molecule has 8 aromatic carbocycles. The lowest BCUT2D eigenvalue weighted by atomic mass is 10.1. The molecule has 12 heteroatoms. The van der Waals surface area contributed by atoms with Crippen molar-refractivity contribution in [2.45, 2.75) is 27.7 Å². The topological polar surface area (TPSA) is 146 Å². The number of hydrogen-bond acceptors (Lipinski definition) is 10. The number of hydrogen-bond donors (Lipinski definition) is 2. The van der Waals surface area contributed by atoms with Crippen LogP contribution in [-0.4, -0.2) is 39.9 Å². The molecule has 8 bridgehead atoms. The number of aromatic nitrogens is 8. The molecule has 11 aromatic rings. The van der Waals surface area contributed by atoms with Gasteiger partial charge in [-0.25, -0.2) is 29.9 Å². The molecule has 3 aromatic heterocycles. The first-order valence-corrected chi connectivity index (χ1v) is 23.6. The molecule has 0 fully saturated rings. The Morgan fingerprint density at radius 1 is 0.292 bits per heavy atom. The highest BCUT2D eigenvalue weighted by Gasteiger charge is 2.28. The van der Waals surface area contributed by atoms with E-state index in [1.807, 2.05) is 198 Å². The maximum atomic E-state index is 6.67. The number of benzene rings is 8. The van der Waals surface area contributed by atoms with Crippen molar-refractivity contribution in [3.63, 3.8) is 0 Å². The summed E-state index contributed by atoms with van der Waals surface area (Å²) in [7, 11) is 0. The summed E-state index contributed by atoms with van der Waals surface area (Å²) in [6.07, 6.45) is 0. The van der Waals surface area contributed by atoms with E-state index in [1.165, 1.54) is 0 Å². The molecule has 0 saturated carbocycles. The highest BCUT2D eigenvalue weighted by Crippen LogP contribution is 2.46. The van der Waals surface area contributed by atoms with Crippen LogP contribution in [0.1, 0.15) is 22.3 Å². The number of aromatic amines is 2. The smallest absolute Gasteiger partial charge is 0.168 e. The Labute approximate surface area is 412 Å². The summed E-state index contributed by atoms with van der Waals surface area (Å²) < 4.78 is 26.7. The van der Waals surface area contributed by atoms with E-state index in [9.17, 15) is 0 Å². The summed E-state index contributed by atoms with van der Waals surface area (Å²) in [5, 5.41) is 2.88. The first-order valence-electron chi connectivity index (χ1n) is 23.6. The van der Waals surface area contributed by atoms with Gasteiger partial charge in [0.05, 0.1) is 21.9 Å². The van der Waals surface area contributed by atoms with Crippen molar-refractivity contribution in [1.82, 2.24) is 39.9 Å². The molecule has 0 spiro atoms. The summed E-state index contributed by atoms with van der Waals surface area (Å²) in [6.45, 7) is 8.18. The average molecular weight is 939 g/mol. The minimum absolute atomic E-state index is 0.382. The maximum Gasteiger partial charge on any atom is 0.168 e. The Morgan fingerprint density at radius 2 is 0.597 bits per heavy atom. The highest BCUT2D eigenvalue weighted by molar-refractivity contribution is 6.10. The Balaban J connectivity index is 1.14. The molecule has 0 saturated heterocycles. The van der Waals surface area contributed by atoms with Gasteiger partial charge in [0.25, 0.3) is 0 Å². The second kappa shape index (κ2) is 17.1. The SMILES string of the molecule is Cc1ccc(Oc2cccc3c2-c2nc-3nc3[nH]c(nc4nc(nc5[nH]c(n2)c2cccc(Oc6ccc(C)cc6)c52)-c2cccc(Oc5ccc(C)cc5)c2-4)c2cccc(Oc4ccc(C)cc4)c32)cc1. The van der Waals surface area contributed by atoms with Crippen LogP contribution in [0.4, 0.5) is 0 Å². The van der Waals surface area contributed by atoms with E-state index < -0.39 is 0 Å². The van der Waals surface area contributed by atoms with E-state index in [2.05, 4.69) is 9.97 Å². The fourth-order valence-electron chi connectivity index (χ4n) is 9.13. The predicted octanol–water partition coefficient (Wildman–Crippen LogP) is 15.3. The van der Waals surface area contributed by atoms with Crippen LogP contribution in [0.2, 0.25) is 0 Å². The molecule has 2 aliphatic heterocycles. The second-order valence-corrected chi connectivity index (χ2v) is 18.0. The number of ether oxygens (including phenoxy) is 4. The largest absolute Gasteiger partial charge is 0.457 e. The van der Waals surface area contributed by atoms with Gasteiger partial charge in [-0.3, -0.25) is 0 Å². The third-order valence-electron chi connectivity index (χ3n) is 12.8. The monoisotopic (exact) mass is 938 g/mol. The second-order valence-electron chi connectivity index (χ2n) is 18.0. The van der Waals surface area contributed by atoms with E-state index >= 15 is 0 Å². The quantitative estimate of drug-likeness (QED) is 0.151. The molecule has 2 N–H and O–H groups in total. The molecule has 0 radical (unpaired) electrons. The van der Waals surface area contributed by atoms with Crippen molar-refractivity contribution in [2.24, 2.45) is 0 Å². The average Bonchev–Trinajstić information content (AvgIpc) is 4.14. The molecule has 12 nitrogen and oxygen atoms in total. The standard InChI is InChI=1S/C60H42N8O4/c1-33-17-25-37(26-18-33)69-45-13-5-9-41-49(45)57-61-53(41)66-58-51-43(11-7-15-47(51)71-39-29-21-35(3)22-30-39)55(63-58)68-60-52-44(12-8-16-48(52)72-40-31-23-36(4)24-32-40)56(64-60)67-59-50-42(54(62-59)65-57)10-6-14-46(50)70-38-27-19-34(2)20-28-38/h5-32H,1-4H3,(H2,61,62,63,64,65,66,67,68). The van der Waals surface area contributed by atoms with Crippen LogP contribution in [0.15, 0.2) is 170 Å². The van der Waals surface area contributed by atoms with Crippen LogP contribution in [0.5, 0.6) is 46.0 Å². The zero-order valence-corrected chi connectivity index (χ0v) is 39.5. The van der Waals surface area contributed by atoms with Gasteiger partial charge in [0.2, 0.25) is 0 Å². The van der Waals surface area contributed by atoms with Gasteiger partial charge in [-0.2, -0.15) is 0 Å². The van der Waals surface area contributed by atoms with Gasteiger partial charge in [-0.15, -0.1) is 0 Å². The molecule has 13 rings (SSSR count). The van der Waals surface area contributed by atoms with Gasteiger partial charge >= 0.3 is 0 Å². The van der Waals surface area contributed by atoms with E-state index in [0.717, 1.165) is 44.2 Å². The van der Waals surface area contributed by atoms with Crippen molar-refractivity contribution < 1.29 is 18.9 Å². The van der Waals surface area contributed by atoms with Crippen molar-refractivity contribution in [3.05, 3.63) is 192 Å². The van der Waals surface area contributed by atoms with Gasteiger partial charge in [-0.1, -0.05) is 119 Å². The number of H-pyrrole nitrogens is 2. The molecule has 2 aliphatic rings. The Kier molecular flexibility index (Phi) is 10.1. The summed E-state index contributed by atoms with van der Waals surface area (Å²) in [5.74, 6) is 6.52. The van der Waals surface area contributed by atoms with E-state index in [1.54, 1.807) is 0 Å². The zero-order valence-electron chi connectivity index (χ0n) is 39.5. The number of aryl methyl sites for hydroxylation is 4. The van der Waals surface area contributed by atoms with Crippen molar-refractivity contribution in [1.29, 1.82) is 0 Å². The third-order valence-corrected chi connectivity index (χ3v) is 12.8. The lowest BCUT2D eigenvalue weighted by Crippen LogP contribution is -1.90. The summed E-state index contributed by atoms with van der Waals surface area (Å²) in [6, 6.07) is 55.2. The molecular formula is C60H42N8O4. The first-order chi connectivity index (χ1) is 35.2. The predicted molar refractivity (Wildman–Crippen MR) is 281 cm³/mol. The minimum atomic E-state index is 0.382. The van der Waals surface area contributed by atoms with Crippen LogP contribution in [-0.2, 0) is 0 Å². The number of nitrogens with zero attached hydrogens (tertiary/aromatic N) is 6. The molecule has 0 atom stereocenters.